The molecule has 1 fully saturated rings. The molecule has 1 aromatic heterocycles. The average molecular weight is 326 g/mol. The van der Waals surface area contributed by atoms with E-state index >= 15 is 0 Å². The van der Waals surface area contributed by atoms with E-state index in [1.165, 1.54) is 18.4 Å². The summed E-state index contributed by atoms with van der Waals surface area (Å²) in [6.45, 7) is 7.33. The van der Waals surface area contributed by atoms with Crippen molar-refractivity contribution < 1.29 is 0 Å². The lowest BCUT2D eigenvalue weighted by Crippen LogP contribution is -2.34. The van der Waals surface area contributed by atoms with E-state index in [0.717, 1.165) is 43.5 Å². The Labute approximate surface area is 143 Å². The number of nitrogen functional groups attached to an aromatic ring is 1. The van der Waals surface area contributed by atoms with Gasteiger partial charge in [-0.15, -0.1) is 0 Å². The second-order valence-corrected chi connectivity index (χ2v) is 6.55. The molecule has 24 heavy (non-hydrogen) atoms. The fourth-order valence-corrected chi connectivity index (χ4v) is 3.27. The number of hydrogen-bond acceptors (Lipinski definition) is 6. The smallest absolute Gasteiger partial charge is 0.232 e. The van der Waals surface area contributed by atoms with Gasteiger partial charge in [-0.2, -0.15) is 15.0 Å². The average Bonchev–Trinajstić information content (AvgIpc) is 2.55. The van der Waals surface area contributed by atoms with Crippen molar-refractivity contribution >= 4 is 17.6 Å². The van der Waals surface area contributed by atoms with Crippen LogP contribution >= 0.6 is 0 Å². The number of hydrogen-bond donors (Lipinski definition) is 2. The van der Waals surface area contributed by atoms with Gasteiger partial charge in [-0.05, 0) is 43.4 Å². The highest BCUT2D eigenvalue weighted by Crippen LogP contribution is 2.20. The first-order valence-corrected chi connectivity index (χ1v) is 8.71. The van der Waals surface area contributed by atoms with Gasteiger partial charge in [0.2, 0.25) is 11.9 Å². The molecule has 1 atom stereocenters. The number of nitrogens with one attached hydrogen (secondary N) is 1. The molecule has 0 radical (unpaired) electrons. The van der Waals surface area contributed by atoms with Crippen molar-refractivity contribution in [2.75, 3.05) is 24.1 Å². The van der Waals surface area contributed by atoms with Gasteiger partial charge in [-0.3, -0.25) is 4.90 Å². The van der Waals surface area contributed by atoms with Gasteiger partial charge >= 0.3 is 0 Å². The minimum Gasteiger partial charge on any atom is -0.368 e. The SMILES string of the molecule is CCc1ccccc1Nc1nc(N)nc(CN2CCCC(C)C2)n1. The molecule has 6 nitrogen and oxygen atoms in total. The van der Waals surface area contributed by atoms with Crippen molar-refractivity contribution in [2.24, 2.45) is 5.92 Å². The van der Waals surface area contributed by atoms with Crippen LogP contribution in [0, 0.1) is 5.92 Å². The predicted molar refractivity (Wildman–Crippen MR) is 97.0 cm³/mol. The maximum absolute atomic E-state index is 5.90. The van der Waals surface area contributed by atoms with Crippen molar-refractivity contribution in [3.8, 4) is 0 Å². The van der Waals surface area contributed by atoms with Crippen molar-refractivity contribution in [1.82, 2.24) is 19.9 Å². The maximum Gasteiger partial charge on any atom is 0.232 e. The van der Waals surface area contributed by atoms with Crippen LogP contribution in [-0.2, 0) is 13.0 Å². The highest BCUT2D eigenvalue weighted by Gasteiger charge is 2.18. The first-order chi connectivity index (χ1) is 11.6. The first kappa shape index (κ1) is 16.6. The largest absolute Gasteiger partial charge is 0.368 e. The monoisotopic (exact) mass is 326 g/mol. The minimum atomic E-state index is 0.265. The highest BCUT2D eigenvalue weighted by molar-refractivity contribution is 5.58. The zero-order valence-corrected chi connectivity index (χ0v) is 14.5. The summed E-state index contributed by atoms with van der Waals surface area (Å²) in [6.07, 6.45) is 3.48. The minimum absolute atomic E-state index is 0.265. The molecule has 0 saturated carbocycles. The molecule has 2 heterocycles. The summed E-state index contributed by atoms with van der Waals surface area (Å²) in [5, 5.41) is 3.29. The van der Waals surface area contributed by atoms with Crippen LogP contribution in [0.15, 0.2) is 24.3 Å². The van der Waals surface area contributed by atoms with E-state index < -0.39 is 0 Å². The number of benzene rings is 1. The molecule has 0 amide bonds. The molecule has 1 aliphatic rings. The van der Waals surface area contributed by atoms with Crippen LogP contribution in [0.1, 0.15) is 38.1 Å². The molecule has 128 valence electrons. The number of anilines is 3. The third kappa shape index (κ3) is 4.20. The molecule has 6 heteroatoms. The summed E-state index contributed by atoms with van der Waals surface area (Å²) >= 11 is 0. The molecule has 3 rings (SSSR count). The van der Waals surface area contributed by atoms with E-state index in [2.05, 4.69) is 45.1 Å². The number of piperidine rings is 1. The Morgan fingerprint density at radius 2 is 2.08 bits per heavy atom. The summed E-state index contributed by atoms with van der Waals surface area (Å²) in [6, 6.07) is 8.17. The fraction of sp³-hybridized carbons (Fsp3) is 0.500. The Balaban J connectivity index is 1.76. The molecular formula is C18H26N6. The number of aryl methyl sites for hydroxylation is 1. The quantitative estimate of drug-likeness (QED) is 0.879. The Morgan fingerprint density at radius 3 is 2.88 bits per heavy atom. The topological polar surface area (TPSA) is 80.0 Å². The lowest BCUT2D eigenvalue weighted by molar-refractivity contribution is 0.173. The lowest BCUT2D eigenvalue weighted by atomic mass is 10.0. The summed E-state index contributed by atoms with van der Waals surface area (Å²) in [4.78, 5) is 15.5. The summed E-state index contributed by atoms with van der Waals surface area (Å²) in [5.74, 6) is 2.24. The van der Waals surface area contributed by atoms with Crippen LogP contribution in [0.3, 0.4) is 0 Å². The van der Waals surface area contributed by atoms with E-state index in [9.17, 15) is 0 Å². The fourth-order valence-electron chi connectivity index (χ4n) is 3.27. The zero-order valence-electron chi connectivity index (χ0n) is 14.5. The van der Waals surface area contributed by atoms with Crippen LogP contribution < -0.4 is 11.1 Å². The maximum atomic E-state index is 5.90. The summed E-state index contributed by atoms with van der Waals surface area (Å²) < 4.78 is 0. The molecule has 2 aromatic rings. The third-order valence-corrected chi connectivity index (χ3v) is 4.45. The predicted octanol–water partition coefficient (Wildman–Crippen LogP) is 2.99. The van der Waals surface area contributed by atoms with Crippen LogP contribution in [0.25, 0.3) is 0 Å². The normalized spacial score (nSPS) is 18.5. The Bertz CT molecular complexity index is 687. The molecule has 1 aliphatic heterocycles. The van der Waals surface area contributed by atoms with Gasteiger partial charge in [-0.1, -0.05) is 32.0 Å². The van der Waals surface area contributed by atoms with Gasteiger partial charge in [0.15, 0.2) is 0 Å². The van der Waals surface area contributed by atoms with Gasteiger partial charge in [-0.25, -0.2) is 0 Å². The Morgan fingerprint density at radius 1 is 1.25 bits per heavy atom. The van der Waals surface area contributed by atoms with Crippen molar-refractivity contribution in [2.45, 2.75) is 39.7 Å². The van der Waals surface area contributed by atoms with Crippen LogP contribution in [-0.4, -0.2) is 32.9 Å². The number of aromatic nitrogens is 3. The number of likely N-dealkylation sites (tertiary alicyclic amines) is 1. The highest BCUT2D eigenvalue weighted by atomic mass is 15.2. The molecule has 1 aromatic carbocycles. The van der Waals surface area contributed by atoms with E-state index in [-0.39, 0.29) is 5.95 Å². The Hall–Kier alpha value is -2.21. The molecule has 0 bridgehead atoms. The van der Waals surface area contributed by atoms with E-state index in [4.69, 9.17) is 5.73 Å². The lowest BCUT2D eigenvalue weighted by Gasteiger charge is -2.30. The van der Waals surface area contributed by atoms with Crippen molar-refractivity contribution in [3.05, 3.63) is 35.7 Å². The molecule has 0 spiro atoms. The van der Waals surface area contributed by atoms with Crippen LogP contribution in [0.4, 0.5) is 17.6 Å². The van der Waals surface area contributed by atoms with Gasteiger partial charge in [0.25, 0.3) is 0 Å². The van der Waals surface area contributed by atoms with Gasteiger partial charge in [0.05, 0.1) is 6.54 Å². The summed E-state index contributed by atoms with van der Waals surface area (Å²) in [7, 11) is 0. The number of nitrogens with two attached hydrogens (primary N) is 1. The number of rotatable bonds is 5. The molecule has 1 saturated heterocycles. The van der Waals surface area contributed by atoms with Crippen LogP contribution in [0.2, 0.25) is 0 Å². The zero-order chi connectivity index (χ0) is 16.9. The van der Waals surface area contributed by atoms with E-state index in [1.54, 1.807) is 0 Å². The van der Waals surface area contributed by atoms with Gasteiger partial charge in [0, 0.05) is 12.2 Å². The second-order valence-electron chi connectivity index (χ2n) is 6.55. The molecule has 1 unspecified atom stereocenters. The standard InChI is InChI=1S/C18H26N6/c1-3-14-8-4-5-9-15(14)20-18-22-16(21-17(19)23-18)12-24-10-6-7-13(2)11-24/h4-5,8-9,13H,3,6-7,10-12H2,1-2H3,(H3,19,20,21,22,23). The van der Waals surface area contributed by atoms with Crippen molar-refractivity contribution in [1.29, 1.82) is 0 Å². The second kappa shape index (κ2) is 7.57. The van der Waals surface area contributed by atoms with Crippen molar-refractivity contribution in [3.63, 3.8) is 0 Å². The summed E-state index contributed by atoms with van der Waals surface area (Å²) in [5.41, 5.74) is 8.14. The number of nitrogens with zero attached hydrogens (tertiary/aromatic N) is 4. The Kier molecular flexibility index (Phi) is 5.25. The van der Waals surface area contributed by atoms with E-state index in [0.29, 0.717) is 5.95 Å². The molecule has 0 aliphatic carbocycles. The number of para-hydroxylation sites is 1. The third-order valence-electron chi connectivity index (χ3n) is 4.45. The molecule has 3 N–H and O–H groups in total. The van der Waals surface area contributed by atoms with E-state index in [1.807, 2.05) is 18.2 Å². The van der Waals surface area contributed by atoms with Gasteiger partial charge in [0.1, 0.15) is 5.82 Å². The van der Waals surface area contributed by atoms with Crippen LogP contribution in [0.5, 0.6) is 0 Å². The molecular weight excluding hydrogens is 300 g/mol. The first-order valence-electron chi connectivity index (χ1n) is 8.71. The van der Waals surface area contributed by atoms with Gasteiger partial charge < -0.3 is 11.1 Å².